The Morgan fingerprint density at radius 1 is 1.19 bits per heavy atom. The molecule has 0 spiro atoms. The van der Waals surface area contributed by atoms with Gasteiger partial charge in [-0.05, 0) is 32.5 Å². The monoisotopic (exact) mass is 292 g/mol. The molecule has 1 rings (SSSR count). The van der Waals surface area contributed by atoms with E-state index in [0.29, 0.717) is 19.2 Å². The van der Waals surface area contributed by atoms with Crippen molar-refractivity contribution in [1.82, 2.24) is 10.2 Å². The van der Waals surface area contributed by atoms with Crippen molar-refractivity contribution in [2.75, 3.05) is 19.6 Å². The first-order valence-electron chi connectivity index (χ1n) is 7.75. The molecule has 0 bridgehead atoms. The van der Waals surface area contributed by atoms with E-state index in [9.17, 15) is 4.79 Å². The van der Waals surface area contributed by atoms with Gasteiger partial charge in [-0.3, -0.25) is 9.69 Å². The van der Waals surface area contributed by atoms with Crippen LogP contribution in [0, 0.1) is 0 Å². The Labute approximate surface area is 128 Å². The zero-order chi connectivity index (χ0) is 15.7. The smallest absolute Gasteiger partial charge is 0.248 e. The molecule has 1 aromatic rings. The maximum Gasteiger partial charge on any atom is 0.248 e. The minimum atomic E-state index is -0.436. The van der Waals surface area contributed by atoms with E-state index in [-0.39, 0.29) is 5.91 Å². The van der Waals surface area contributed by atoms with Crippen molar-refractivity contribution in [1.29, 1.82) is 0 Å². The summed E-state index contributed by atoms with van der Waals surface area (Å²) in [5, 5.41) is 2.96. The first-order valence-corrected chi connectivity index (χ1v) is 7.75. The van der Waals surface area contributed by atoms with E-state index >= 15 is 0 Å². The molecule has 1 aromatic carbocycles. The summed E-state index contributed by atoms with van der Waals surface area (Å²) in [7, 11) is 0. The first kappa shape index (κ1) is 17.7. The predicted molar refractivity (Wildman–Crippen MR) is 86.1 cm³/mol. The SMILES string of the molecule is CCN(CC)[C@H](C)CNC(=O)[C@@H](C)OCc1ccccc1. The summed E-state index contributed by atoms with van der Waals surface area (Å²) in [5.74, 6) is -0.0510. The highest BCUT2D eigenvalue weighted by atomic mass is 16.5. The molecule has 118 valence electrons. The number of hydrogen-bond acceptors (Lipinski definition) is 3. The average molecular weight is 292 g/mol. The molecule has 4 nitrogen and oxygen atoms in total. The van der Waals surface area contributed by atoms with Gasteiger partial charge in [0.1, 0.15) is 6.10 Å². The molecule has 1 amide bonds. The zero-order valence-electron chi connectivity index (χ0n) is 13.6. The molecule has 0 heterocycles. The molecule has 0 aliphatic heterocycles. The van der Waals surface area contributed by atoms with E-state index in [1.807, 2.05) is 30.3 Å². The summed E-state index contributed by atoms with van der Waals surface area (Å²) in [6.45, 7) is 11.3. The third-order valence-electron chi connectivity index (χ3n) is 3.72. The maximum absolute atomic E-state index is 12.0. The molecule has 0 saturated carbocycles. The zero-order valence-corrected chi connectivity index (χ0v) is 13.6. The number of amides is 1. The Morgan fingerprint density at radius 2 is 1.81 bits per heavy atom. The molecule has 4 heteroatoms. The molecule has 21 heavy (non-hydrogen) atoms. The van der Waals surface area contributed by atoms with Gasteiger partial charge in [0.25, 0.3) is 0 Å². The van der Waals surface area contributed by atoms with Crippen LogP contribution in [-0.2, 0) is 16.1 Å². The normalized spacial score (nSPS) is 14.0. The van der Waals surface area contributed by atoms with Gasteiger partial charge in [0.05, 0.1) is 6.61 Å². The number of nitrogens with one attached hydrogen (secondary N) is 1. The van der Waals surface area contributed by atoms with Gasteiger partial charge in [-0.15, -0.1) is 0 Å². The van der Waals surface area contributed by atoms with E-state index in [1.54, 1.807) is 6.92 Å². The van der Waals surface area contributed by atoms with Crippen molar-refractivity contribution in [3.05, 3.63) is 35.9 Å². The minimum absolute atomic E-state index is 0.0510. The van der Waals surface area contributed by atoms with Gasteiger partial charge in [0.15, 0.2) is 0 Å². The van der Waals surface area contributed by atoms with E-state index in [0.717, 1.165) is 18.7 Å². The molecule has 2 atom stereocenters. The topological polar surface area (TPSA) is 41.6 Å². The lowest BCUT2D eigenvalue weighted by Crippen LogP contribution is -2.44. The Morgan fingerprint density at radius 3 is 2.38 bits per heavy atom. The highest BCUT2D eigenvalue weighted by Gasteiger charge is 2.16. The Bertz CT molecular complexity index is 405. The number of carbonyl (C=O) groups is 1. The standard InChI is InChI=1S/C17H28N2O2/c1-5-19(6-2)14(3)12-18-17(20)15(4)21-13-16-10-8-7-9-11-16/h7-11,14-15H,5-6,12-13H2,1-4H3,(H,18,20)/t14-,15-/m1/s1. The van der Waals surface area contributed by atoms with Crippen molar-refractivity contribution in [3.63, 3.8) is 0 Å². The molecule has 0 saturated heterocycles. The second-order valence-electron chi connectivity index (χ2n) is 5.25. The first-order chi connectivity index (χ1) is 10.1. The van der Waals surface area contributed by atoms with Gasteiger partial charge >= 0.3 is 0 Å². The van der Waals surface area contributed by atoms with Crippen molar-refractivity contribution in [2.24, 2.45) is 0 Å². The molecular formula is C17H28N2O2. The molecule has 0 radical (unpaired) electrons. The lowest BCUT2D eigenvalue weighted by molar-refractivity contribution is -0.132. The quantitative estimate of drug-likeness (QED) is 0.760. The van der Waals surface area contributed by atoms with Crippen LogP contribution in [0.4, 0.5) is 0 Å². The fraction of sp³-hybridized carbons (Fsp3) is 0.588. The lowest BCUT2D eigenvalue weighted by Gasteiger charge is -2.26. The van der Waals surface area contributed by atoms with Crippen LogP contribution >= 0.6 is 0 Å². The summed E-state index contributed by atoms with van der Waals surface area (Å²) >= 11 is 0. The third kappa shape index (κ3) is 6.27. The number of hydrogen-bond donors (Lipinski definition) is 1. The predicted octanol–water partition coefficient (Wildman–Crippen LogP) is 2.44. The van der Waals surface area contributed by atoms with E-state index < -0.39 is 6.10 Å². The van der Waals surface area contributed by atoms with Crippen molar-refractivity contribution in [3.8, 4) is 0 Å². The van der Waals surface area contributed by atoms with E-state index in [1.165, 1.54) is 0 Å². The fourth-order valence-corrected chi connectivity index (χ4v) is 2.24. The molecule has 0 fully saturated rings. The van der Waals surface area contributed by atoms with Crippen LogP contribution < -0.4 is 5.32 Å². The maximum atomic E-state index is 12.0. The van der Waals surface area contributed by atoms with Crippen molar-refractivity contribution < 1.29 is 9.53 Å². The highest BCUT2D eigenvalue weighted by molar-refractivity contribution is 5.80. The number of nitrogens with zero attached hydrogens (tertiary/aromatic N) is 1. The van der Waals surface area contributed by atoms with Gasteiger partial charge in [-0.2, -0.15) is 0 Å². The van der Waals surface area contributed by atoms with Gasteiger partial charge in [0.2, 0.25) is 5.91 Å². The number of likely N-dealkylation sites (N-methyl/N-ethyl adjacent to an activating group) is 1. The molecule has 0 unspecified atom stereocenters. The summed E-state index contributed by atoms with van der Waals surface area (Å²) < 4.78 is 5.61. The summed E-state index contributed by atoms with van der Waals surface area (Å²) in [5.41, 5.74) is 1.08. The van der Waals surface area contributed by atoms with Crippen LogP contribution in [0.3, 0.4) is 0 Å². The summed E-state index contributed by atoms with van der Waals surface area (Å²) in [4.78, 5) is 14.3. The van der Waals surface area contributed by atoms with Crippen LogP contribution in [-0.4, -0.2) is 42.6 Å². The second-order valence-corrected chi connectivity index (χ2v) is 5.25. The van der Waals surface area contributed by atoms with Gasteiger partial charge in [-0.25, -0.2) is 0 Å². The third-order valence-corrected chi connectivity index (χ3v) is 3.72. The lowest BCUT2D eigenvalue weighted by atomic mass is 10.2. The largest absolute Gasteiger partial charge is 0.364 e. The highest BCUT2D eigenvalue weighted by Crippen LogP contribution is 2.03. The van der Waals surface area contributed by atoms with Crippen LogP contribution in [0.15, 0.2) is 30.3 Å². The number of carbonyl (C=O) groups excluding carboxylic acids is 1. The van der Waals surface area contributed by atoms with Crippen LogP contribution in [0.2, 0.25) is 0 Å². The Kier molecular flexibility index (Phi) is 8.01. The van der Waals surface area contributed by atoms with Crippen molar-refractivity contribution in [2.45, 2.75) is 46.4 Å². The minimum Gasteiger partial charge on any atom is -0.364 e. The number of benzene rings is 1. The van der Waals surface area contributed by atoms with Crippen LogP contribution in [0.5, 0.6) is 0 Å². The summed E-state index contributed by atoms with van der Waals surface area (Å²) in [6, 6.07) is 10.2. The van der Waals surface area contributed by atoms with Crippen LogP contribution in [0.1, 0.15) is 33.3 Å². The van der Waals surface area contributed by atoms with Gasteiger partial charge < -0.3 is 10.1 Å². The molecule has 1 N–H and O–H groups in total. The van der Waals surface area contributed by atoms with Gasteiger partial charge in [0, 0.05) is 12.6 Å². The summed E-state index contributed by atoms with van der Waals surface area (Å²) in [6.07, 6.45) is -0.436. The molecule has 0 aliphatic carbocycles. The number of ether oxygens (including phenoxy) is 1. The Hall–Kier alpha value is -1.39. The fourth-order valence-electron chi connectivity index (χ4n) is 2.24. The average Bonchev–Trinajstić information content (AvgIpc) is 2.52. The molecule has 0 aliphatic rings. The second kappa shape index (κ2) is 9.53. The number of rotatable bonds is 9. The van der Waals surface area contributed by atoms with Crippen molar-refractivity contribution >= 4 is 5.91 Å². The molecular weight excluding hydrogens is 264 g/mol. The van der Waals surface area contributed by atoms with Crippen LogP contribution in [0.25, 0.3) is 0 Å². The van der Waals surface area contributed by atoms with Gasteiger partial charge in [-0.1, -0.05) is 44.2 Å². The molecule has 0 aromatic heterocycles. The Balaban J connectivity index is 2.31. The van der Waals surface area contributed by atoms with E-state index in [4.69, 9.17) is 4.74 Å². The van der Waals surface area contributed by atoms with E-state index in [2.05, 4.69) is 31.0 Å².